The molecule has 1 aromatic rings. The van der Waals surface area contributed by atoms with Gasteiger partial charge in [-0.1, -0.05) is 24.0 Å². The topological polar surface area (TPSA) is 80.7 Å². The molecule has 0 saturated heterocycles. The zero-order chi connectivity index (χ0) is 13.5. The van der Waals surface area contributed by atoms with Crippen molar-refractivity contribution in [3.05, 3.63) is 33.6 Å². The molecule has 0 radical (unpaired) electrons. The summed E-state index contributed by atoms with van der Waals surface area (Å²) in [6.07, 6.45) is 5.03. The van der Waals surface area contributed by atoms with E-state index in [0.717, 1.165) is 5.57 Å². The van der Waals surface area contributed by atoms with Crippen molar-refractivity contribution < 1.29 is 9.34 Å². The Bertz CT molecular complexity index is 508. The lowest BCUT2D eigenvalue weighted by molar-refractivity contribution is -0.402. The Balaban J connectivity index is 2.64. The first-order chi connectivity index (χ1) is 8.52. The molecule has 0 amide bonds. The van der Waals surface area contributed by atoms with E-state index >= 15 is 0 Å². The average molecular weight is 285 g/mol. The molecular formula is C10H11N3O3S2. The molecule has 0 atom stereocenters. The van der Waals surface area contributed by atoms with Crippen molar-refractivity contribution >= 4 is 46.5 Å². The fourth-order valence-electron chi connectivity index (χ4n) is 1.01. The predicted molar refractivity (Wildman–Crippen MR) is 76.8 cm³/mol. The first kappa shape index (κ1) is 14.4. The van der Waals surface area contributed by atoms with Gasteiger partial charge in [-0.25, -0.2) is 0 Å². The van der Waals surface area contributed by atoms with E-state index in [9.17, 15) is 10.1 Å². The smallest absolute Gasteiger partial charge is 0.401 e. The molecule has 0 aliphatic rings. The van der Waals surface area contributed by atoms with Crippen molar-refractivity contribution in [1.29, 1.82) is 0 Å². The molecule has 1 heterocycles. The normalized spacial score (nSPS) is 11.8. The first-order valence-electron chi connectivity index (χ1n) is 4.82. The van der Waals surface area contributed by atoms with E-state index in [4.69, 9.17) is 16.6 Å². The average Bonchev–Trinajstić information content (AvgIpc) is 2.77. The second-order valence-corrected chi connectivity index (χ2v) is 4.67. The summed E-state index contributed by atoms with van der Waals surface area (Å²) in [6, 6.07) is 2.83. The summed E-state index contributed by atoms with van der Waals surface area (Å²) in [5.74, 6) is 0.116. The van der Waals surface area contributed by atoms with Gasteiger partial charge in [0.2, 0.25) is 0 Å². The van der Waals surface area contributed by atoms with Crippen LogP contribution in [0.5, 0.6) is 0 Å². The molecule has 1 rings (SSSR count). The summed E-state index contributed by atoms with van der Waals surface area (Å²) in [6.45, 7) is 1.79. The summed E-state index contributed by atoms with van der Waals surface area (Å²) >= 11 is 6.27. The summed E-state index contributed by atoms with van der Waals surface area (Å²) in [4.78, 5) is 9.83. The minimum Gasteiger partial charge on any atom is -0.401 e. The third-order valence-electron chi connectivity index (χ3n) is 1.77. The van der Waals surface area contributed by atoms with E-state index in [1.807, 2.05) is 6.26 Å². The molecule has 0 spiro atoms. The maximum absolute atomic E-state index is 10.4. The Hall–Kier alpha value is -1.67. The molecule has 96 valence electrons. The Morgan fingerprint density at radius 3 is 2.94 bits per heavy atom. The zero-order valence-electron chi connectivity index (χ0n) is 9.75. The van der Waals surface area contributed by atoms with Crippen LogP contribution in [0.4, 0.5) is 5.88 Å². The minimum atomic E-state index is -0.584. The Kier molecular flexibility index (Phi) is 5.53. The molecule has 1 N–H and O–H groups in total. The van der Waals surface area contributed by atoms with Gasteiger partial charge in [0.1, 0.15) is 10.7 Å². The van der Waals surface area contributed by atoms with Crippen LogP contribution in [-0.2, 0) is 0 Å². The molecule has 0 unspecified atom stereocenters. The monoisotopic (exact) mass is 285 g/mol. The van der Waals surface area contributed by atoms with Crippen LogP contribution in [-0.4, -0.2) is 21.7 Å². The zero-order valence-corrected chi connectivity index (χ0v) is 11.4. The fraction of sp³-hybridized carbons (Fsp3) is 0.200. The molecule has 6 nitrogen and oxygen atoms in total. The largest absolute Gasteiger partial charge is 0.433 e. The fourth-order valence-corrected chi connectivity index (χ4v) is 1.21. The van der Waals surface area contributed by atoms with Crippen molar-refractivity contribution in [2.45, 2.75) is 6.92 Å². The van der Waals surface area contributed by atoms with Gasteiger partial charge in [-0.3, -0.25) is 15.5 Å². The SMILES string of the molecule is CSC(=S)NN=CC(C)=Cc1ccc([N+](=O)[O-])o1. The lowest BCUT2D eigenvalue weighted by Crippen LogP contribution is -2.09. The van der Waals surface area contributed by atoms with Crippen LogP contribution in [0.1, 0.15) is 12.7 Å². The highest BCUT2D eigenvalue weighted by atomic mass is 32.2. The van der Waals surface area contributed by atoms with Gasteiger partial charge in [0.15, 0.2) is 4.32 Å². The number of allylic oxidation sites excluding steroid dienone is 1. The number of hydrazone groups is 1. The van der Waals surface area contributed by atoms with Gasteiger partial charge in [0.05, 0.1) is 12.3 Å². The molecule has 0 saturated carbocycles. The van der Waals surface area contributed by atoms with Crippen LogP contribution in [0.25, 0.3) is 6.08 Å². The van der Waals surface area contributed by atoms with E-state index in [1.165, 1.54) is 23.9 Å². The van der Waals surface area contributed by atoms with Gasteiger partial charge in [0.25, 0.3) is 0 Å². The molecule has 0 aromatic carbocycles. The maximum atomic E-state index is 10.4. The summed E-state index contributed by atoms with van der Waals surface area (Å²) in [5, 5.41) is 14.3. The van der Waals surface area contributed by atoms with E-state index in [-0.39, 0.29) is 5.88 Å². The third-order valence-corrected chi connectivity index (χ3v) is 2.83. The number of nitro groups is 1. The predicted octanol–water partition coefficient (Wildman–Crippen LogP) is 2.81. The Morgan fingerprint density at radius 1 is 1.67 bits per heavy atom. The van der Waals surface area contributed by atoms with Gasteiger partial charge in [0, 0.05) is 0 Å². The second kappa shape index (κ2) is 6.92. The molecule has 0 bridgehead atoms. The number of rotatable bonds is 4. The van der Waals surface area contributed by atoms with Gasteiger partial charge in [-0.2, -0.15) is 5.10 Å². The number of furan rings is 1. The van der Waals surface area contributed by atoms with Crippen LogP contribution in [0.3, 0.4) is 0 Å². The van der Waals surface area contributed by atoms with Crippen molar-refractivity contribution in [3.8, 4) is 0 Å². The van der Waals surface area contributed by atoms with Crippen molar-refractivity contribution in [2.24, 2.45) is 5.10 Å². The van der Waals surface area contributed by atoms with Crippen LogP contribution < -0.4 is 5.43 Å². The maximum Gasteiger partial charge on any atom is 0.433 e. The van der Waals surface area contributed by atoms with E-state index in [1.54, 1.807) is 19.2 Å². The van der Waals surface area contributed by atoms with E-state index in [0.29, 0.717) is 10.1 Å². The van der Waals surface area contributed by atoms with Crippen molar-refractivity contribution in [3.63, 3.8) is 0 Å². The molecule has 18 heavy (non-hydrogen) atoms. The lowest BCUT2D eigenvalue weighted by atomic mass is 10.3. The summed E-state index contributed by atoms with van der Waals surface area (Å²) < 4.78 is 5.54. The molecular weight excluding hydrogens is 274 g/mol. The summed E-state index contributed by atoms with van der Waals surface area (Å²) in [5.41, 5.74) is 3.43. The number of hydrogen-bond donors (Lipinski definition) is 1. The molecule has 0 fully saturated rings. The summed E-state index contributed by atoms with van der Waals surface area (Å²) in [7, 11) is 0. The number of thioether (sulfide) groups is 1. The second-order valence-electron chi connectivity index (χ2n) is 3.18. The minimum absolute atomic E-state index is 0.285. The molecule has 0 aliphatic carbocycles. The number of hydrogen-bond acceptors (Lipinski definition) is 6. The lowest BCUT2D eigenvalue weighted by Gasteiger charge is -1.96. The van der Waals surface area contributed by atoms with Gasteiger partial charge in [-0.05, 0) is 30.9 Å². The van der Waals surface area contributed by atoms with Crippen LogP contribution in [0.2, 0.25) is 0 Å². The van der Waals surface area contributed by atoms with Gasteiger partial charge in [-0.15, -0.1) is 0 Å². The van der Waals surface area contributed by atoms with E-state index < -0.39 is 4.92 Å². The number of thiocarbonyl (C=S) groups is 1. The first-order valence-corrected chi connectivity index (χ1v) is 6.46. The highest BCUT2D eigenvalue weighted by molar-refractivity contribution is 8.22. The van der Waals surface area contributed by atoms with Gasteiger partial charge < -0.3 is 4.42 Å². The third kappa shape index (κ3) is 4.68. The molecule has 1 aromatic heterocycles. The standard InChI is InChI=1S/C10H11N3O3S2/c1-7(6-11-12-10(17)18-2)5-8-3-4-9(16-8)13(14)15/h3-6H,1-2H3,(H,12,17). The van der Waals surface area contributed by atoms with Crippen LogP contribution >= 0.6 is 24.0 Å². The number of nitrogens with zero attached hydrogens (tertiary/aromatic N) is 2. The quantitative estimate of drug-likeness (QED) is 0.396. The molecule has 0 aliphatic heterocycles. The molecule has 8 heteroatoms. The Morgan fingerprint density at radius 2 is 2.39 bits per heavy atom. The van der Waals surface area contributed by atoms with Crippen molar-refractivity contribution in [1.82, 2.24) is 5.43 Å². The Labute approximate surface area is 113 Å². The van der Waals surface area contributed by atoms with Gasteiger partial charge >= 0.3 is 5.88 Å². The highest BCUT2D eigenvalue weighted by Gasteiger charge is 2.09. The highest BCUT2D eigenvalue weighted by Crippen LogP contribution is 2.17. The van der Waals surface area contributed by atoms with E-state index in [2.05, 4.69) is 10.5 Å². The van der Waals surface area contributed by atoms with Crippen molar-refractivity contribution in [2.75, 3.05) is 6.26 Å². The number of nitrogens with one attached hydrogen (secondary N) is 1. The van der Waals surface area contributed by atoms with Crippen LogP contribution in [0, 0.1) is 10.1 Å². The van der Waals surface area contributed by atoms with Crippen LogP contribution in [0.15, 0.2) is 27.2 Å².